The second kappa shape index (κ2) is 7.94. The molecule has 1 amide bonds. The number of hydrogen-bond acceptors (Lipinski definition) is 6. The summed E-state index contributed by atoms with van der Waals surface area (Å²) in [5, 5.41) is 3.60. The quantitative estimate of drug-likeness (QED) is 0.735. The summed E-state index contributed by atoms with van der Waals surface area (Å²) >= 11 is 1.51. The number of para-hydroxylation sites is 1. The van der Waals surface area contributed by atoms with Crippen molar-refractivity contribution >= 4 is 38.3 Å². The molecule has 27 heavy (non-hydrogen) atoms. The predicted molar refractivity (Wildman–Crippen MR) is 110 cm³/mol. The third-order valence-corrected chi connectivity index (χ3v) is 5.67. The monoisotopic (exact) mass is 382 g/mol. The number of ether oxygens (including phenoxy) is 1. The number of anilines is 2. The second-order valence-corrected chi connectivity index (χ2v) is 7.53. The van der Waals surface area contributed by atoms with Gasteiger partial charge in [0.2, 0.25) is 5.91 Å². The van der Waals surface area contributed by atoms with Crippen LogP contribution in [0.1, 0.15) is 0 Å². The molecule has 1 fully saturated rings. The van der Waals surface area contributed by atoms with Gasteiger partial charge in [0.15, 0.2) is 5.13 Å². The van der Waals surface area contributed by atoms with Crippen molar-refractivity contribution in [2.24, 2.45) is 0 Å². The van der Waals surface area contributed by atoms with Crippen LogP contribution in [0.5, 0.6) is 5.75 Å². The lowest BCUT2D eigenvalue weighted by Crippen LogP contribution is -2.48. The maximum Gasteiger partial charge on any atom is 0.240 e. The minimum absolute atomic E-state index is 0.00745. The van der Waals surface area contributed by atoms with Crippen LogP contribution in [0, 0.1) is 0 Å². The average Bonchev–Trinajstić information content (AvgIpc) is 3.10. The highest BCUT2D eigenvalue weighted by Gasteiger charge is 2.19. The zero-order chi connectivity index (χ0) is 18.6. The van der Waals surface area contributed by atoms with Crippen LogP contribution in [-0.2, 0) is 4.79 Å². The highest BCUT2D eigenvalue weighted by Crippen LogP contribution is 2.25. The summed E-state index contributed by atoms with van der Waals surface area (Å²) in [6.45, 7) is 3.92. The molecule has 0 unspecified atom stereocenters. The van der Waals surface area contributed by atoms with E-state index < -0.39 is 0 Å². The molecule has 0 spiro atoms. The van der Waals surface area contributed by atoms with E-state index in [1.54, 1.807) is 7.11 Å². The maximum atomic E-state index is 12.4. The van der Waals surface area contributed by atoms with Crippen LogP contribution in [0.25, 0.3) is 10.2 Å². The van der Waals surface area contributed by atoms with Crippen LogP contribution in [0.3, 0.4) is 0 Å². The summed E-state index contributed by atoms with van der Waals surface area (Å²) in [5.74, 6) is 0.857. The SMILES string of the molecule is COc1ccc(N2CCN(CC(=O)Nc3nc4ccccc4s3)CC2)cc1. The molecule has 0 bridgehead atoms. The number of aromatic nitrogens is 1. The first-order valence-corrected chi connectivity index (χ1v) is 9.80. The standard InChI is InChI=1S/C20H22N4O2S/c1-26-16-8-6-15(7-9-16)24-12-10-23(11-13-24)14-19(25)22-20-21-17-4-2-3-5-18(17)27-20/h2-9H,10-14H2,1H3,(H,21,22,25). The van der Waals surface area contributed by atoms with E-state index in [0.717, 1.165) is 42.1 Å². The van der Waals surface area contributed by atoms with Crippen LogP contribution >= 0.6 is 11.3 Å². The highest BCUT2D eigenvalue weighted by atomic mass is 32.1. The van der Waals surface area contributed by atoms with E-state index in [1.165, 1.54) is 17.0 Å². The zero-order valence-electron chi connectivity index (χ0n) is 15.2. The number of nitrogens with zero attached hydrogens (tertiary/aromatic N) is 3. The van der Waals surface area contributed by atoms with Gasteiger partial charge in [-0.2, -0.15) is 0 Å². The smallest absolute Gasteiger partial charge is 0.240 e. The third-order valence-electron chi connectivity index (χ3n) is 4.72. The largest absolute Gasteiger partial charge is 0.497 e. The summed E-state index contributed by atoms with van der Waals surface area (Å²) in [7, 11) is 1.67. The molecule has 0 radical (unpaired) electrons. The fourth-order valence-corrected chi connectivity index (χ4v) is 4.13. The normalized spacial score (nSPS) is 15.1. The fourth-order valence-electron chi connectivity index (χ4n) is 3.24. The Balaban J connectivity index is 1.28. The van der Waals surface area contributed by atoms with E-state index in [2.05, 4.69) is 32.2 Å². The number of methoxy groups -OCH3 is 1. The van der Waals surface area contributed by atoms with Crippen molar-refractivity contribution in [1.82, 2.24) is 9.88 Å². The van der Waals surface area contributed by atoms with Crippen molar-refractivity contribution in [3.8, 4) is 5.75 Å². The van der Waals surface area contributed by atoms with E-state index in [0.29, 0.717) is 11.7 Å². The van der Waals surface area contributed by atoms with Crippen molar-refractivity contribution in [1.29, 1.82) is 0 Å². The number of thiazole rings is 1. The van der Waals surface area contributed by atoms with Crippen molar-refractivity contribution in [3.05, 3.63) is 48.5 Å². The lowest BCUT2D eigenvalue weighted by Gasteiger charge is -2.35. The minimum atomic E-state index is -0.00745. The number of hydrogen-bond donors (Lipinski definition) is 1. The van der Waals surface area contributed by atoms with Gasteiger partial charge < -0.3 is 15.0 Å². The van der Waals surface area contributed by atoms with Gasteiger partial charge in [-0.25, -0.2) is 4.98 Å². The molecular weight excluding hydrogens is 360 g/mol. The maximum absolute atomic E-state index is 12.4. The average molecular weight is 382 g/mol. The van der Waals surface area contributed by atoms with E-state index in [-0.39, 0.29) is 5.91 Å². The highest BCUT2D eigenvalue weighted by molar-refractivity contribution is 7.22. The first kappa shape index (κ1) is 17.8. The molecule has 7 heteroatoms. The van der Waals surface area contributed by atoms with Crippen LogP contribution in [0.4, 0.5) is 10.8 Å². The van der Waals surface area contributed by atoms with E-state index in [9.17, 15) is 4.79 Å². The number of nitrogens with one attached hydrogen (secondary N) is 1. The van der Waals surface area contributed by atoms with Crippen molar-refractivity contribution in [2.45, 2.75) is 0 Å². The lowest BCUT2D eigenvalue weighted by molar-refractivity contribution is -0.117. The number of fused-ring (bicyclic) bond motifs is 1. The van der Waals surface area contributed by atoms with Crippen LogP contribution < -0.4 is 15.0 Å². The lowest BCUT2D eigenvalue weighted by atomic mass is 10.2. The summed E-state index contributed by atoms with van der Waals surface area (Å²) < 4.78 is 6.29. The number of carbonyl (C=O) groups is 1. The van der Waals surface area contributed by atoms with Crippen molar-refractivity contribution in [3.63, 3.8) is 0 Å². The van der Waals surface area contributed by atoms with Crippen LogP contribution in [-0.4, -0.2) is 55.6 Å². The van der Waals surface area contributed by atoms with Crippen LogP contribution in [0.2, 0.25) is 0 Å². The van der Waals surface area contributed by atoms with Crippen molar-refractivity contribution in [2.75, 3.05) is 50.1 Å². The molecule has 3 aromatic rings. The molecule has 6 nitrogen and oxygen atoms in total. The van der Waals surface area contributed by atoms with Gasteiger partial charge in [0.1, 0.15) is 5.75 Å². The molecule has 0 atom stereocenters. The first-order valence-electron chi connectivity index (χ1n) is 8.98. The molecular formula is C20H22N4O2S. The topological polar surface area (TPSA) is 57.7 Å². The van der Waals surface area contributed by atoms with Gasteiger partial charge in [0, 0.05) is 31.9 Å². The summed E-state index contributed by atoms with van der Waals surface area (Å²) in [6.07, 6.45) is 0. The van der Waals surface area contributed by atoms with Gasteiger partial charge in [-0.1, -0.05) is 23.5 Å². The van der Waals surface area contributed by atoms with Gasteiger partial charge in [0.05, 0.1) is 23.9 Å². The number of rotatable bonds is 5. The molecule has 1 aliphatic heterocycles. The Bertz CT molecular complexity index is 884. The Morgan fingerprint density at radius 2 is 1.85 bits per heavy atom. The van der Waals surface area contributed by atoms with Crippen molar-refractivity contribution < 1.29 is 9.53 Å². The molecule has 1 aliphatic rings. The first-order chi connectivity index (χ1) is 13.2. The molecule has 1 aromatic heterocycles. The van der Waals surface area contributed by atoms with Gasteiger partial charge >= 0.3 is 0 Å². The predicted octanol–water partition coefficient (Wildman–Crippen LogP) is 3.07. The molecule has 4 rings (SSSR count). The Hall–Kier alpha value is -2.64. The molecule has 0 aliphatic carbocycles. The molecule has 0 saturated carbocycles. The Labute approximate surface area is 162 Å². The minimum Gasteiger partial charge on any atom is -0.497 e. The van der Waals surface area contributed by atoms with Gasteiger partial charge in [-0.15, -0.1) is 0 Å². The van der Waals surface area contributed by atoms with E-state index in [1.807, 2.05) is 36.4 Å². The summed E-state index contributed by atoms with van der Waals surface area (Å²) in [5.41, 5.74) is 2.11. The summed E-state index contributed by atoms with van der Waals surface area (Å²) in [4.78, 5) is 21.3. The Morgan fingerprint density at radius 1 is 1.11 bits per heavy atom. The number of piperazine rings is 1. The zero-order valence-corrected chi connectivity index (χ0v) is 16.0. The summed E-state index contributed by atoms with van der Waals surface area (Å²) in [6, 6.07) is 16.0. The molecule has 2 heterocycles. The van der Waals surface area contributed by atoms with E-state index in [4.69, 9.17) is 4.74 Å². The molecule has 2 aromatic carbocycles. The van der Waals surface area contributed by atoms with Gasteiger partial charge in [-0.05, 0) is 36.4 Å². The Kier molecular flexibility index (Phi) is 5.22. The fraction of sp³-hybridized carbons (Fsp3) is 0.300. The van der Waals surface area contributed by atoms with Gasteiger partial charge in [0.25, 0.3) is 0 Å². The van der Waals surface area contributed by atoms with E-state index >= 15 is 0 Å². The molecule has 140 valence electrons. The number of benzene rings is 2. The number of carbonyl (C=O) groups excluding carboxylic acids is 1. The second-order valence-electron chi connectivity index (χ2n) is 6.50. The molecule has 1 saturated heterocycles. The third kappa shape index (κ3) is 4.20. The molecule has 1 N–H and O–H groups in total. The van der Waals surface area contributed by atoms with Crippen LogP contribution in [0.15, 0.2) is 48.5 Å². The number of amides is 1. The Morgan fingerprint density at radius 3 is 2.56 bits per heavy atom. The van der Waals surface area contributed by atoms with Gasteiger partial charge in [-0.3, -0.25) is 9.69 Å².